The second-order valence-corrected chi connectivity index (χ2v) is 6.64. The molecule has 1 unspecified atom stereocenters. The molecule has 1 atom stereocenters. The highest BCUT2D eigenvalue weighted by molar-refractivity contribution is 8.09. The number of hydrogen-bond acceptors (Lipinski definition) is 7. The number of benzene rings is 1. The van der Waals surface area contributed by atoms with Crippen LogP contribution in [0.25, 0.3) is 10.6 Å². The SMILES string of the molecule is CCCCC1=NC(N)SC(c2ccc([N+](=O)[O-])cc2)=C1n1cncn1. The Morgan fingerprint density at radius 1 is 1.36 bits per heavy atom. The number of unbranched alkanes of at least 4 members (excludes halogenated alkanes) is 1. The number of aromatic nitrogens is 3. The van der Waals surface area contributed by atoms with Crippen molar-refractivity contribution in [2.75, 3.05) is 0 Å². The molecule has 1 aliphatic heterocycles. The van der Waals surface area contributed by atoms with E-state index < -0.39 is 10.4 Å². The quantitative estimate of drug-likeness (QED) is 0.627. The highest BCUT2D eigenvalue weighted by Crippen LogP contribution is 2.40. The van der Waals surface area contributed by atoms with E-state index in [1.165, 1.54) is 30.2 Å². The fourth-order valence-corrected chi connectivity index (χ4v) is 3.59. The molecular formula is C16H18N6O2S. The monoisotopic (exact) mass is 358 g/mol. The van der Waals surface area contributed by atoms with Gasteiger partial charge < -0.3 is 5.73 Å². The summed E-state index contributed by atoms with van der Waals surface area (Å²) < 4.78 is 1.68. The molecule has 9 heteroatoms. The van der Waals surface area contributed by atoms with Crippen molar-refractivity contribution in [2.24, 2.45) is 10.7 Å². The van der Waals surface area contributed by atoms with E-state index in [4.69, 9.17) is 5.73 Å². The number of nitrogens with zero attached hydrogens (tertiary/aromatic N) is 5. The molecule has 1 aromatic heterocycles. The molecule has 130 valence electrons. The van der Waals surface area contributed by atoms with Gasteiger partial charge in [-0.25, -0.2) is 9.67 Å². The number of thioether (sulfide) groups is 1. The van der Waals surface area contributed by atoms with Crippen molar-refractivity contribution in [1.29, 1.82) is 0 Å². The standard InChI is InChI=1S/C16H18N6O2S/c1-2-3-4-13-14(21-10-18-9-19-21)15(25-16(17)20-13)11-5-7-12(8-6-11)22(23)24/h5-10,16H,2-4,17H2,1H3. The third-order valence-corrected chi connectivity index (χ3v) is 4.78. The molecule has 8 nitrogen and oxygen atoms in total. The maximum absolute atomic E-state index is 10.9. The first kappa shape index (κ1) is 17.3. The molecule has 0 saturated heterocycles. The zero-order chi connectivity index (χ0) is 17.8. The average molecular weight is 358 g/mol. The Bertz CT molecular complexity index is 814. The summed E-state index contributed by atoms with van der Waals surface area (Å²) in [5.41, 5.74) is 8.31. The van der Waals surface area contributed by atoms with E-state index in [-0.39, 0.29) is 5.69 Å². The molecule has 0 radical (unpaired) electrons. The molecule has 2 N–H and O–H groups in total. The van der Waals surface area contributed by atoms with Crippen LogP contribution in [0.4, 0.5) is 5.69 Å². The van der Waals surface area contributed by atoms with Gasteiger partial charge in [-0.15, -0.1) is 0 Å². The molecule has 0 amide bonds. The highest BCUT2D eigenvalue weighted by atomic mass is 32.2. The van der Waals surface area contributed by atoms with Crippen LogP contribution >= 0.6 is 11.8 Å². The summed E-state index contributed by atoms with van der Waals surface area (Å²) in [4.78, 5) is 20.0. The highest BCUT2D eigenvalue weighted by Gasteiger charge is 2.25. The average Bonchev–Trinajstić information content (AvgIpc) is 3.13. The fraction of sp³-hybridized carbons (Fsp3) is 0.312. The minimum Gasteiger partial charge on any atom is -0.301 e. The van der Waals surface area contributed by atoms with Gasteiger partial charge in [-0.1, -0.05) is 25.1 Å². The van der Waals surface area contributed by atoms with Crippen LogP contribution in [0.15, 0.2) is 41.9 Å². The Morgan fingerprint density at radius 2 is 2.12 bits per heavy atom. The fourth-order valence-electron chi connectivity index (χ4n) is 2.58. The Morgan fingerprint density at radius 3 is 2.72 bits per heavy atom. The van der Waals surface area contributed by atoms with Gasteiger partial charge in [0.25, 0.3) is 5.69 Å². The van der Waals surface area contributed by atoms with Crippen LogP contribution in [0.5, 0.6) is 0 Å². The van der Waals surface area contributed by atoms with Gasteiger partial charge in [0.05, 0.1) is 10.6 Å². The van der Waals surface area contributed by atoms with Crippen molar-refractivity contribution in [3.8, 4) is 0 Å². The van der Waals surface area contributed by atoms with Crippen molar-refractivity contribution < 1.29 is 4.92 Å². The largest absolute Gasteiger partial charge is 0.301 e. The molecule has 0 fully saturated rings. The number of hydrogen-bond donors (Lipinski definition) is 1. The van der Waals surface area contributed by atoms with E-state index in [1.54, 1.807) is 23.1 Å². The molecule has 0 bridgehead atoms. The summed E-state index contributed by atoms with van der Waals surface area (Å²) in [6.07, 6.45) is 5.91. The first-order chi connectivity index (χ1) is 12.1. The third-order valence-electron chi connectivity index (χ3n) is 3.77. The van der Waals surface area contributed by atoms with Crippen LogP contribution in [-0.4, -0.2) is 30.9 Å². The number of nitrogens with two attached hydrogens (primary N) is 1. The second-order valence-electron chi connectivity index (χ2n) is 5.51. The maximum atomic E-state index is 10.9. The maximum Gasteiger partial charge on any atom is 0.269 e. The summed E-state index contributed by atoms with van der Waals surface area (Å²) in [6.45, 7) is 2.12. The van der Waals surface area contributed by atoms with Crippen molar-refractivity contribution in [3.05, 3.63) is 52.6 Å². The lowest BCUT2D eigenvalue weighted by Crippen LogP contribution is -2.23. The predicted octanol–water partition coefficient (Wildman–Crippen LogP) is 3.13. The molecule has 0 saturated carbocycles. The van der Waals surface area contributed by atoms with Gasteiger partial charge in [0.1, 0.15) is 23.8 Å². The van der Waals surface area contributed by atoms with E-state index in [9.17, 15) is 10.1 Å². The van der Waals surface area contributed by atoms with Crippen LogP contribution in [0.1, 0.15) is 31.7 Å². The predicted molar refractivity (Wildman–Crippen MR) is 98.8 cm³/mol. The van der Waals surface area contributed by atoms with E-state index in [0.29, 0.717) is 0 Å². The first-order valence-corrected chi connectivity index (χ1v) is 8.81. The van der Waals surface area contributed by atoms with Gasteiger partial charge in [0.2, 0.25) is 0 Å². The van der Waals surface area contributed by atoms with Gasteiger partial charge in [0, 0.05) is 17.0 Å². The Hall–Kier alpha value is -2.52. The molecule has 0 aliphatic carbocycles. The number of allylic oxidation sites excluding steroid dienone is 1. The first-order valence-electron chi connectivity index (χ1n) is 7.93. The number of rotatable bonds is 6. The lowest BCUT2D eigenvalue weighted by molar-refractivity contribution is -0.384. The Labute approximate surface area is 149 Å². The zero-order valence-corrected chi connectivity index (χ0v) is 14.5. The Kier molecular flexibility index (Phi) is 5.25. The molecule has 25 heavy (non-hydrogen) atoms. The number of nitro benzene ring substituents is 1. The minimum atomic E-state index is -0.413. The molecule has 3 rings (SSSR count). The minimum absolute atomic E-state index is 0.0524. The van der Waals surface area contributed by atoms with E-state index in [2.05, 4.69) is 22.0 Å². The normalized spacial score (nSPS) is 17.5. The van der Waals surface area contributed by atoms with Crippen LogP contribution in [0.2, 0.25) is 0 Å². The Balaban J connectivity index is 2.09. The molecule has 1 aliphatic rings. The van der Waals surface area contributed by atoms with Gasteiger partial charge >= 0.3 is 0 Å². The van der Waals surface area contributed by atoms with Crippen LogP contribution < -0.4 is 5.73 Å². The van der Waals surface area contributed by atoms with E-state index in [0.717, 1.165) is 41.1 Å². The van der Waals surface area contributed by atoms with E-state index in [1.807, 2.05) is 0 Å². The second kappa shape index (κ2) is 7.58. The van der Waals surface area contributed by atoms with Crippen molar-refractivity contribution in [1.82, 2.24) is 14.8 Å². The van der Waals surface area contributed by atoms with Crippen LogP contribution in [0, 0.1) is 10.1 Å². The van der Waals surface area contributed by atoms with Gasteiger partial charge in [-0.2, -0.15) is 5.10 Å². The zero-order valence-electron chi connectivity index (χ0n) is 13.7. The summed E-state index contributed by atoms with van der Waals surface area (Å²) in [5.74, 6) is 0. The number of aliphatic imine (C=N–C) groups is 1. The lowest BCUT2D eigenvalue weighted by atomic mass is 10.1. The van der Waals surface area contributed by atoms with Gasteiger partial charge in [0.15, 0.2) is 0 Å². The molecule has 1 aromatic carbocycles. The molecule has 2 heterocycles. The van der Waals surface area contributed by atoms with Crippen molar-refractivity contribution in [2.45, 2.75) is 31.7 Å². The van der Waals surface area contributed by atoms with Gasteiger partial charge in [-0.05, 0) is 30.5 Å². The summed E-state index contributed by atoms with van der Waals surface area (Å²) in [7, 11) is 0. The summed E-state index contributed by atoms with van der Waals surface area (Å²) in [5, 5.41) is 15.1. The number of nitro groups is 1. The van der Waals surface area contributed by atoms with Crippen LogP contribution in [-0.2, 0) is 0 Å². The van der Waals surface area contributed by atoms with Crippen molar-refractivity contribution in [3.63, 3.8) is 0 Å². The molecular weight excluding hydrogens is 340 g/mol. The molecule has 0 spiro atoms. The smallest absolute Gasteiger partial charge is 0.269 e. The lowest BCUT2D eigenvalue weighted by Gasteiger charge is -2.24. The summed E-state index contributed by atoms with van der Waals surface area (Å²) in [6, 6.07) is 6.44. The van der Waals surface area contributed by atoms with E-state index >= 15 is 0 Å². The third kappa shape index (κ3) is 3.77. The van der Waals surface area contributed by atoms with Crippen molar-refractivity contribution >= 4 is 33.8 Å². The summed E-state index contributed by atoms with van der Waals surface area (Å²) >= 11 is 1.41. The van der Waals surface area contributed by atoms with Crippen LogP contribution in [0.3, 0.4) is 0 Å². The van der Waals surface area contributed by atoms with Gasteiger partial charge in [-0.3, -0.25) is 15.1 Å². The molecule has 2 aromatic rings. The topological polar surface area (TPSA) is 112 Å². The number of non-ortho nitro benzene ring substituents is 1.